The Balaban J connectivity index is 1.45. The van der Waals surface area contributed by atoms with Gasteiger partial charge in [-0.2, -0.15) is 9.78 Å². The zero-order valence-corrected chi connectivity index (χ0v) is 23.6. The van der Waals surface area contributed by atoms with Crippen molar-refractivity contribution in [2.24, 2.45) is 5.10 Å². The fourth-order valence-electron chi connectivity index (χ4n) is 4.51. The van der Waals surface area contributed by atoms with E-state index in [0.29, 0.717) is 49.3 Å². The smallest absolute Gasteiger partial charge is 0.282 e. The molecule has 0 spiro atoms. The number of halogens is 1. The lowest BCUT2D eigenvalue weighted by Gasteiger charge is -2.14. The van der Waals surface area contributed by atoms with E-state index < -0.39 is 4.92 Å². The molecule has 10 nitrogen and oxygen atoms in total. The van der Waals surface area contributed by atoms with Gasteiger partial charge in [0.1, 0.15) is 12.2 Å². The zero-order valence-electron chi connectivity index (χ0n) is 22.1. The number of nitro groups is 1. The number of furan rings is 1. The van der Waals surface area contributed by atoms with Gasteiger partial charge < -0.3 is 13.9 Å². The Kier molecular flexibility index (Phi) is 7.24. The van der Waals surface area contributed by atoms with E-state index in [1.807, 2.05) is 36.4 Å². The van der Waals surface area contributed by atoms with Crippen LogP contribution in [0.15, 0.2) is 110 Å². The standard InChI is InChI=1S/C31H21BrN4O6/c1-40-27-16-22(32)14-21(29(27)41-18-19-7-6-9-23(13-19)36(38)39)17-33-35-30(28-15-20-8-2-5-12-26(20)42-28)34-25-11-4-3-10-24(25)31(35)37/h2-17H,18H2,1H3. The fourth-order valence-corrected chi connectivity index (χ4v) is 4.96. The lowest BCUT2D eigenvalue weighted by Crippen LogP contribution is -2.20. The van der Waals surface area contributed by atoms with Gasteiger partial charge in [0.15, 0.2) is 17.3 Å². The monoisotopic (exact) mass is 624 g/mol. The summed E-state index contributed by atoms with van der Waals surface area (Å²) in [4.78, 5) is 29.2. The van der Waals surface area contributed by atoms with Crippen molar-refractivity contribution >= 4 is 49.7 Å². The number of hydrogen-bond donors (Lipinski definition) is 0. The van der Waals surface area contributed by atoms with Gasteiger partial charge in [0, 0.05) is 27.6 Å². The van der Waals surface area contributed by atoms with Gasteiger partial charge in [-0.15, -0.1) is 0 Å². The van der Waals surface area contributed by atoms with Crippen LogP contribution in [-0.4, -0.2) is 27.9 Å². The van der Waals surface area contributed by atoms with Crippen LogP contribution in [0, 0.1) is 10.1 Å². The average molecular weight is 625 g/mol. The number of nitro benzene ring substituents is 1. The van der Waals surface area contributed by atoms with Gasteiger partial charge in [0.25, 0.3) is 11.2 Å². The predicted octanol–water partition coefficient (Wildman–Crippen LogP) is 6.95. The SMILES string of the molecule is COc1cc(Br)cc(C=Nn2c(-c3cc4ccccc4o3)nc3ccccc3c2=O)c1OCc1cccc([N+](=O)[O-])c1. The second-order valence-corrected chi connectivity index (χ2v) is 10.1. The Bertz CT molecular complexity index is 2030. The van der Waals surface area contributed by atoms with Gasteiger partial charge in [-0.25, -0.2) is 4.98 Å². The summed E-state index contributed by atoms with van der Waals surface area (Å²) in [5.74, 6) is 1.35. The molecule has 0 aliphatic rings. The first-order valence-corrected chi connectivity index (χ1v) is 13.5. The number of fused-ring (bicyclic) bond motifs is 2. The number of aromatic nitrogens is 2. The maximum atomic E-state index is 13.7. The largest absolute Gasteiger partial charge is 0.493 e. The van der Waals surface area contributed by atoms with Crippen LogP contribution < -0.4 is 15.0 Å². The van der Waals surface area contributed by atoms with Crippen LogP contribution in [-0.2, 0) is 6.61 Å². The molecule has 0 amide bonds. The van der Waals surface area contributed by atoms with E-state index in [-0.39, 0.29) is 23.7 Å². The molecule has 0 N–H and O–H groups in total. The van der Waals surface area contributed by atoms with Crippen LogP contribution in [0.2, 0.25) is 0 Å². The third-order valence-corrected chi connectivity index (χ3v) is 6.94. The first kappa shape index (κ1) is 26.9. The summed E-state index contributed by atoms with van der Waals surface area (Å²) in [6, 6.07) is 26.0. The maximum absolute atomic E-state index is 13.7. The highest BCUT2D eigenvalue weighted by atomic mass is 79.9. The fraction of sp³-hybridized carbons (Fsp3) is 0.0645. The van der Waals surface area contributed by atoms with Crippen LogP contribution >= 0.6 is 15.9 Å². The van der Waals surface area contributed by atoms with Crippen molar-refractivity contribution in [2.75, 3.05) is 7.11 Å². The number of para-hydroxylation sites is 2. The Hall–Kier alpha value is -5.29. The number of hydrogen-bond acceptors (Lipinski definition) is 8. The summed E-state index contributed by atoms with van der Waals surface area (Å²) in [5.41, 5.74) is 1.82. The van der Waals surface area contributed by atoms with Crippen LogP contribution in [0.1, 0.15) is 11.1 Å². The van der Waals surface area contributed by atoms with Gasteiger partial charge in [-0.3, -0.25) is 14.9 Å². The molecular formula is C31H21BrN4O6. The molecule has 0 unspecified atom stereocenters. The summed E-state index contributed by atoms with van der Waals surface area (Å²) in [5, 5.41) is 17.0. The average Bonchev–Trinajstić information content (AvgIpc) is 3.44. The third-order valence-electron chi connectivity index (χ3n) is 6.48. The quantitative estimate of drug-likeness (QED) is 0.102. The van der Waals surface area contributed by atoms with Crippen LogP contribution in [0.4, 0.5) is 5.69 Å². The van der Waals surface area contributed by atoms with E-state index in [0.717, 1.165) is 5.39 Å². The number of rotatable bonds is 8. The Morgan fingerprint density at radius 1 is 1.05 bits per heavy atom. The molecule has 0 saturated carbocycles. The van der Waals surface area contributed by atoms with E-state index in [9.17, 15) is 14.9 Å². The van der Waals surface area contributed by atoms with Crippen molar-refractivity contribution in [3.63, 3.8) is 0 Å². The summed E-state index contributed by atoms with van der Waals surface area (Å²) < 4.78 is 19.6. The van der Waals surface area contributed by atoms with Crippen molar-refractivity contribution < 1.29 is 18.8 Å². The second kappa shape index (κ2) is 11.3. The van der Waals surface area contributed by atoms with Crippen molar-refractivity contribution in [2.45, 2.75) is 6.61 Å². The topological polar surface area (TPSA) is 122 Å². The van der Waals surface area contributed by atoms with Gasteiger partial charge in [-0.05, 0) is 42.0 Å². The van der Waals surface area contributed by atoms with Crippen LogP contribution in [0.25, 0.3) is 33.5 Å². The van der Waals surface area contributed by atoms with Crippen LogP contribution in [0.3, 0.4) is 0 Å². The summed E-state index contributed by atoms with van der Waals surface area (Å²) in [6.07, 6.45) is 1.47. The molecule has 11 heteroatoms. The van der Waals surface area contributed by atoms with Gasteiger partial charge in [0.05, 0.1) is 29.2 Å². The predicted molar refractivity (Wildman–Crippen MR) is 162 cm³/mol. The molecule has 6 aromatic rings. The maximum Gasteiger partial charge on any atom is 0.282 e. The molecule has 208 valence electrons. The van der Waals surface area contributed by atoms with Crippen LogP contribution in [0.5, 0.6) is 11.5 Å². The minimum absolute atomic E-state index is 0.0300. The minimum Gasteiger partial charge on any atom is -0.493 e. The third kappa shape index (κ3) is 5.25. The molecule has 0 saturated heterocycles. The Morgan fingerprint density at radius 3 is 2.67 bits per heavy atom. The molecular weight excluding hydrogens is 604 g/mol. The highest BCUT2D eigenvalue weighted by molar-refractivity contribution is 9.10. The summed E-state index contributed by atoms with van der Waals surface area (Å²) in [6.45, 7) is 0.0300. The summed E-state index contributed by atoms with van der Waals surface area (Å²) >= 11 is 3.49. The van der Waals surface area contributed by atoms with Gasteiger partial charge >= 0.3 is 0 Å². The molecule has 0 aliphatic heterocycles. The van der Waals surface area contributed by atoms with Crippen molar-refractivity contribution in [1.29, 1.82) is 0 Å². The molecule has 2 aromatic heterocycles. The molecule has 0 fully saturated rings. The van der Waals surface area contributed by atoms with E-state index in [1.54, 1.807) is 42.5 Å². The number of methoxy groups -OCH3 is 1. The number of nitrogens with zero attached hydrogens (tertiary/aromatic N) is 4. The van der Waals surface area contributed by atoms with Crippen molar-refractivity contribution in [1.82, 2.24) is 9.66 Å². The van der Waals surface area contributed by atoms with Gasteiger partial charge in [0.2, 0.25) is 5.82 Å². The lowest BCUT2D eigenvalue weighted by molar-refractivity contribution is -0.384. The highest BCUT2D eigenvalue weighted by Gasteiger charge is 2.18. The molecule has 42 heavy (non-hydrogen) atoms. The minimum atomic E-state index is -0.462. The Morgan fingerprint density at radius 2 is 1.86 bits per heavy atom. The lowest BCUT2D eigenvalue weighted by atomic mass is 10.2. The first-order chi connectivity index (χ1) is 20.4. The molecule has 0 radical (unpaired) electrons. The molecule has 6 rings (SSSR count). The Labute approximate surface area is 246 Å². The first-order valence-electron chi connectivity index (χ1n) is 12.7. The number of benzene rings is 4. The molecule has 0 bridgehead atoms. The molecule has 2 heterocycles. The molecule has 0 atom stereocenters. The van der Waals surface area contributed by atoms with Crippen molar-refractivity contribution in [3.8, 4) is 23.1 Å². The normalized spacial score (nSPS) is 11.4. The van der Waals surface area contributed by atoms with E-state index >= 15 is 0 Å². The zero-order chi connectivity index (χ0) is 29.2. The van der Waals surface area contributed by atoms with E-state index in [4.69, 9.17) is 18.9 Å². The molecule has 0 aliphatic carbocycles. The highest BCUT2D eigenvalue weighted by Crippen LogP contribution is 2.35. The van der Waals surface area contributed by atoms with E-state index in [1.165, 1.54) is 30.1 Å². The van der Waals surface area contributed by atoms with E-state index in [2.05, 4.69) is 21.0 Å². The molecule has 4 aromatic carbocycles. The summed E-state index contributed by atoms with van der Waals surface area (Å²) in [7, 11) is 1.50. The van der Waals surface area contributed by atoms with Crippen molar-refractivity contribution in [3.05, 3.63) is 127 Å². The second-order valence-electron chi connectivity index (χ2n) is 9.20. The number of ether oxygens (including phenoxy) is 2. The number of non-ortho nitro benzene ring substituents is 1. The van der Waals surface area contributed by atoms with Gasteiger partial charge in [-0.1, -0.05) is 58.4 Å².